The van der Waals surface area contributed by atoms with E-state index >= 15 is 0 Å². The van der Waals surface area contributed by atoms with Gasteiger partial charge in [-0.1, -0.05) is 41.9 Å². The Morgan fingerprint density at radius 3 is 2.57 bits per heavy atom. The first-order chi connectivity index (χ1) is 14.3. The third-order valence-corrected chi connectivity index (χ3v) is 5.02. The number of carbonyl (C=O) groups excluding carboxylic acids is 1. The topological polar surface area (TPSA) is 25.2 Å². The minimum Gasteiger partial charge on any atom is -0.345 e. The van der Waals surface area contributed by atoms with Gasteiger partial charge in [-0.15, -0.1) is 6.58 Å². The fourth-order valence-electron chi connectivity index (χ4n) is 3.14. The molecule has 0 unspecified atom stereocenters. The number of hydrogen-bond donors (Lipinski definition) is 0. The number of aromatic nitrogens is 1. The Balaban J connectivity index is 1.84. The molecule has 0 aliphatic carbocycles. The summed E-state index contributed by atoms with van der Waals surface area (Å²) < 4.78 is 41.0. The van der Waals surface area contributed by atoms with E-state index in [9.17, 15) is 18.0 Å². The minimum atomic E-state index is -4.51. The molecule has 0 saturated carbocycles. The second-order valence-corrected chi connectivity index (χ2v) is 7.18. The van der Waals surface area contributed by atoms with E-state index in [1.807, 2.05) is 41.1 Å². The van der Waals surface area contributed by atoms with Crippen LogP contribution in [0.15, 0.2) is 79.5 Å². The number of hydrogen-bond acceptors (Lipinski definition) is 1. The first-order valence-corrected chi connectivity index (χ1v) is 9.62. The molecule has 2 aromatic carbocycles. The van der Waals surface area contributed by atoms with Crippen LogP contribution in [0.5, 0.6) is 0 Å². The largest absolute Gasteiger partial charge is 0.416 e. The normalized spacial score (nSPS) is 11.3. The average Bonchev–Trinajstić information content (AvgIpc) is 3.15. The van der Waals surface area contributed by atoms with Gasteiger partial charge in [-0.2, -0.15) is 13.2 Å². The van der Waals surface area contributed by atoms with E-state index in [1.165, 1.54) is 17.0 Å². The van der Waals surface area contributed by atoms with Gasteiger partial charge in [0, 0.05) is 35.6 Å². The Bertz CT molecular complexity index is 1040. The van der Waals surface area contributed by atoms with Crippen LogP contribution >= 0.6 is 11.6 Å². The van der Waals surface area contributed by atoms with Crippen molar-refractivity contribution < 1.29 is 18.0 Å². The summed E-state index contributed by atoms with van der Waals surface area (Å²) in [6.07, 6.45) is -1.09. The van der Waals surface area contributed by atoms with Gasteiger partial charge >= 0.3 is 6.18 Å². The van der Waals surface area contributed by atoms with Crippen molar-refractivity contribution in [1.29, 1.82) is 0 Å². The molecule has 0 fully saturated rings. The smallest absolute Gasteiger partial charge is 0.345 e. The first-order valence-electron chi connectivity index (χ1n) is 9.24. The van der Waals surface area contributed by atoms with Crippen LogP contribution in [-0.2, 0) is 19.3 Å². The van der Waals surface area contributed by atoms with E-state index in [0.29, 0.717) is 11.6 Å². The monoisotopic (exact) mass is 432 g/mol. The van der Waals surface area contributed by atoms with Gasteiger partial charge in [0.2, 0.25) is 0 Å². The van der Waals surface area contributed by atoms with Crippen LogP contribution in [0.4, 0.5) is 13.2 Å². The first kappa shape index (κ1) is 21.7. The maximum absolute atomic E-state index is 13.0. The van der Waals surface area contributed by atoms with Crippen LogP contribution < -0.4 is 0 Å². The van der Waals surface area contributed by atoms with Gasteiger partial charge in [0.05, 0.1) is 12.1 Å². The van der Waals surface area contributed by atoms with Gasteiger partial charge < -0.3 is 9.47 Å². The number of benzene rings is 2. The standard InChI is InChI=1S/C23H20ClF3N2O/c1-2-12-29(22(30)17-8-5-9-19(14-17)23(25,26)27)16-20-10-6-13-28(20)15-18-7-3-4-11-21(18)24/h2-11,13-14H,1,12,15-16H2. The molecule has 0 aliphatic heterocycles. The van der Waals surface area contributed by atoms with Crippen LogP contribution in [0.1, 0.15) is 27.2 Å². The van der Waals surface area contributed by atoms with E-state index in [4.69, 9.17) is 11.6 Å². The highest BCUT2D eigenvalue weighted by atomic mass is 35.5. The lowest BCUT2D eigenvalue weighted by molar-refractivity contribution is -0.137. The third kappa shape index (κ3) is 5.13. The summed E-state index contributed by atoms with van der Waals surface area (Å²) in [5.74, 6) is -0.494. The van der Waals surface area contributed by atoms with Crippen molar-refractivity contribution in [3.05, 3.63) is 107 Å². The fourth-order valence-corrected chi connectivity index (χ4v) is 3.33. The Morgan fingerprint density at radius 2 is 1.87 bits per heavy atom. The molecule has 156 valence electrons. The van der Waals surface area contributed by atoms with Crippen molar-refractivity contribution in [2.24, 2.45) is 0 Å². The minimum absolute atomic E-state index is 0.0177. The number of amides is 1. The summed E-state index contributed by atoms with van der Waals surface area (Å²) in [6, 6.07) is 15.6. The number of alkyl halides is 3. The molecule has 1 heterocycles. The number of nitrogens with zero attached hydrogens (tertiary/aromatic N) is 2. The SMILES string of the molecule is C=CCN(Cc1cccn1Cc1ccccc1Cl)C(=O)c1cccc(C(F)(F)F)c1. The predicted molar refractivity (Wildman–Crippen MR) is 111 cm³/mol. The van der Waals surface area contributed by atoms with Crippen molar-refractivity contribution in [2.75, 3.05) is 6.54 Å². The van der Waals surface area contributed by atoms with Crippen molar-refractivity contribution in [1.82, 2.24) is 9.47 Å². The van der Waals surface area contributed by atoms with Crippen LogP contribution in [0.3, 0.4) is 0 Å². The lowest BCUT2D eigenvalue weighted by atomic mass is 10.1. The summed E-state index contributed by atoms with van der Waals surface area (Å²) >= 11 is 6.25. The van der Waals surface area contributed by atoms with Crippen LogP contribution in [0.25, 0.3) is 0 Å². The number of carbonyl (C=O) groups is 1. The fraction of sp³-hybridized carbons (Fsp3) is 0.174. The van der Waals surface area contributed by atoms with E-state index < -0.39 is 17.6 Å². The Kier molecular flexibility index (Phi) is 6.67. The molecule has 0 atom stereocenters. The maximum atomic E-state index is 13.0. The van der Waals surface area contributed by atoms with Crippen LogP contribution in [-0.4, -0.2) is 21.9 Å². The molecule has 1 amide bonds. The molecule has 7 heteroatoms. The summed E-state index contributed by atoms with van der Waals surface area (Å²) in [6.45, 7) is 4.60. The van der Waals surface area contributed by atoms with Gasteiger partial charge in [0.25, 0.3) is 5.91 Å². The predicted octanol–water partition coefficient (Wildman–Crippen LogP) is 6.04. The lowest BCUT2D eigenvalue weighted by Crippen LogP contribution is -2.31. The Labute approximate surface area is 178 Å². The molecule has 0 saturated heterocycles. The highest BCUT2D eigenvalue weighted by molar-refractivity contribution is 6.31. The van der Waals surface area contributed by atoms with E-state index in [1.54, 1.807) is 12.1 Å². The summed E-state index contributed by atoms with van der Waals surface area (Å²) in [7, 11) is 0. The average molecular weight is 433 g/mol. The van der Waals surface area contributed by atoms with E-state index in [-0.39, 0.29) is 18.7 Å². The van der Waals surface area contributed by atoms with Crippen molar-refractivity contribution in [3.63, 3.8) is 0 Å². The zero-order valence-corrected chi connectivity index (χ0v) is 16.8. The molecule has 1 aromatic heterocycles. The molecule has 0 aliphatic rings. The van der Waals surface area contributed by atoms with Gasteiger partial charge in [-0.05, 0) is 42.0 Å². The second-order valence-electron chi connectivity index (χ2n) is 6.77. The van der Waals surface area contributed by atoms with E-state index in [0.717, 1.165) is 23.4 Å². The second kappa shape index (κ2) is 9.22. The zero-order chi connectivity index (χ0) is 21.7. The molecule has 3 aromatic rings. The maximum Gasteiger partial charge on any atom is 0.416 e. The quantitative estimate of drug-likeness (QED) is 0.418. The van der Waals surface area contributed by atoms with Crippen molar-refractivity contribution in [3.8, 4) is 0 Å². The Hall–Kier alpha value is -2.99. The third-order valence-electron chi connectivity index (χ3n) is 4.65. The molecular formula is C23H20ClF3N2O. The van der Waals surface area contributed by atoms with Gasteiger partial charge in [0.15, 0.2) is 0 Å². The summed E-state index contributed by atoms with van der Waals surface area (Å²) in [5.41, 5.74) is 0.887. The van der Waals surface area contributed by atoms with Gasteiger partial charge in [-0.3, -0.25) is 4.79 Å². The van der Waals surface area contributed by atoms with Crippen molar-refractivity contribution >= 4 is 17.5 Å². The van der Waals surface area contributed by atoms with Crippen LogP contribution in [0.2, 0.25) is 5.02 Å². The molecule has 0 bridgehead atoms. The zero-order valence-electron chi connectivity index (χ0n) is 16.1. The molecule has 30 heavy (non-hydrogen) atoms. The number of halogens is 4. The summed E-state index contributed by atoms with van der Waals surface area (Å²) in [4.78, 5) is 14.4. The molecule has 0 spiro atoms. The molecule has 0 N–H and O–H groups in total. The van der Waals surface area contributed by atoms with Crippen molar-refractivity contribution in [2.45, 2.75) is 19.3 Å². The lowest BCUT2D eigenvalue weighted by Gasteiger charge is -2.23. The number of rotatable bonds is 7. The van der Waals surface area contributed by atoms with Gasteiger partial charge in [-0.25, -0.2) is 0 Å². The summed E-state index contributed by atoms with van der Waals surface area (Å²) in [5, 5.41) is 0.639. The van der Waals surface area contributed by atoms with Crippen LogP contribution in [0, 0.1) is 0 Å². The molecular weight excluding hydrogens is 413 g/mol. The van der Waals surface area contributed by atoms with E-state index in [2.05, 4.69) is 6.58 Å². The molecule has 3 rings (SSSR count). The highest BCUT2D eigenvalue weighted by Gasteiger charge is 2.31. The Morgan fingerprint density at radius 1 is 1.10 bits per heavy atom. The highest BCUT2D eigenvalue weighted by Crippen LogP contribution is 2.30. The molecule has 0 radical (unpaired) electrons. The van der Waals surface area contributed by atoms with Gasteiger partial charge in [0.1, 0.15) is 0 Å². The molecule has 3 nitrogen and oxygen atoms in total.